The van der Waals surface area contributed by atoms with E-state index in [0.29, 0.717) is 54.2 Å². The van der Waals surface area contributed by atoms with Crippen molar-refractivity contribution >= 4 is 22.8 Å². The lowest BCUT2D eigenvalue weighted by molar-refractivity contribution is -0.133. The number of rotatable bonds is 5. The molecule has 1 fully saturated rings. The molecule has 1 aliphatic heterocycles. The average Bonchev–Trinajstić information content (AvgIpc) is 2.78. The van der Waals surface area contributed by atoms with Gasteiger partial charge in [-0.3, -0.25) is 4.79 Å². The van der Waals surface area contributed by atoms with Crippen LogP contribution in [0.25, 0.3) is 11.0 Å². The third-order valence-electron chi connectivity index (χ3n) is 6.35. The van der Waals surface area contributed by atoms with E-state index in [2.05, 4.69) is 20.3 Å². The van der Waals surface area contributed by atoms with E-state index in [1.54, 1.807) is 31.0 Å². The van der Waals surface area contributed by atoms with Crippen molar-refractivity contribution in [2.75, 3.05) is 18.4 Å². The van der Waals surface area contributed by atoms with Crippen molar-refractivity contribution in [3.63, 3.8) is 0 Å². The normalized spacial score (nSPS) is 16.6. The van der Waals surface area contributed by atoms with E-state index in [1.807, 2.05) is 0 Å². The minimum Gasteiger partial charge on any atom is -0.385 e. The summed E-state index contributed by atoms with van der Waals surface area (Å²) < 4.78 is 41.0. The van der Waals surface area contributed by atoms with Crippen molar-refractivity contribution in [2.45, 2.75) is 51.7 Å². The second-order valence-corrected chi connectivity index (χ2v) is 8.67. The summed E-state index contributed by atoms with van der Waals surface area (Å²) in [4.78, 5) is 26.5. The number of carbonyl (C=O) groups excluding carboxylic acids is 1. The molecule has 1 saturated heterocycles. The SMILES string of the molecule is CC(=O)N1CCC(O)(c2cnc3nc(C)nc(N[C@H](C)c4cccc(C(F)F)c4F)c3c2)CC1. The topological polar surface area (TPSA) is 91.2 Å². The molecule has 1 aromatic carbocycles. The van der Waals surface area contributed by atoms with Crippen LogP contribution in [0, 0.1) is 12.7 Å². The first-order valence-corrected chi connectivity index (χ1v) is 11.0. The predicted octanol–water partition coefficient (Wildman–Crippen LogP) is 4.41. The zero-order valence-corrected chi connectivity index (χ0v) is 19.1. The van der Waals surface area contributed by atoms with Gasteiger partial charge in [0.05, 0.1) is 22.6 Å². The van der Waals surface area contributed by atoms with Crippen molar-refractivity contribution < 1.29 is 23.1 Å². The third kappa shape index (κ3) is 4.54. The number of hydrogen-bond acceptors (Lipinski definition) is 6. The molecule has 3 heterocycles. The van der Waals surface area contributed by atoms with Gasteiger partial charge in [0.2, 0.25) is 5.91 Å². The van der Waals surface area contributed by atoms with E-state index in [1.165, 1.54) is 19.1 Å². The van der Waals surface area contributed by atoms with Crippen LogP contribution in [0.2, 0.25) is 0 Å². The largest absolute Gasteiger partial charge is 0.385 e. The number of fused-ring (bicyclic) bond motifs is 1. The van der Waals surface area contributed by atoms with Crippen LogP contribution in [0.1, 0.15) is 61.7 Å². The van der Waals surface area contributed by atoms with Gasteiger partial charge < -0.3 is 15.3 Å². The monoisotopic (exact) mass is 473 g/mol. The lowest BCUT2D eigenvalue weighted by atomic mass is 9.85. The molecule has 1 aliphatic rings. The Morgan fingerprint density at radius 3 is 2.53 bits per heavy atom. The minimum atomic E-state index is -2.92. The molecule has 0 saturated carbocycles. The Kier molecular flexibility index (Phi) is 6.44. The zero-order chi connectivity index (χ0) is 24.6. The number of hydrogen-bond donors (Lipinski definition) is 2. The number of amides is 1. The van der Waals surface area contributed by atoms with E-state index in [-0.39, 0.29) is 11.5 Å². The van der Waals surface area contributed by atoms with E-state index in [4.69, 9.17) is 0 Å². The molecular formula is C24H26F3N5O2. The molecule has 3 aromatic rings. The fraction of sp³-hybridized carbons (Fsp3) is 0.417. The lowest BCUT2D eigenvalue weighted by Gasteiger charge is -2.38. The van der Waals surface area contributed by atoms with Gasteiger partial charge in [0.25, 0.3) is 6.43 Å². The standard InChI is InChI=1S/C24H26F3N5O2/c1-13(17-5-4-6-18(20(17)25)21(26)27)29-23-19-11-16(12-28-22(19)30-14(2)31-23)24(34)7-9-32(10-8-24)15(3)33/h4-6,11-13,21,34H,7-10H2,1-3H3,(H,28,29,30,31)/t13-/m1/s1. The van der Waals surface area contributed by atoms with Crippen LogP contribution < -0.4 is 5.32 Å². The second kappa shape index (κ2) is 9.17. The summed E-state index contributed by atoms with van der Waals surface area (Å²) >= 11 is 0. The molecule has 180 valence electrons. The molecule has 2 N–H and O–H groups in total. The first kappa shape index (κ1) is 23.9. The van der Waals surface area contributed by atoms with Gasteiger partial charge in [-0.2, -0.15) is 0 Å². The number of anilines is 1. The van der Waals surface area contributed by atoms with E-state index in [9.17, 15) is 23.1 Å². The summed E-state index contributed by atoms with van der Waals surface area (Å²) in [6.45, 7) is 5.69. The number of aryl methyl sites for hydroxylation is 1. The minimum absolute atomic E-state index is 0.0359. The molecule has 0 unspecified atom stereocenters. The molecule has 34 heavy (non-hydrogen) atoms. The zero-order valence-electron chi connectivity index (χ0n) is 19.1. The number of carbonyl (C=O) groups is 1. The number of aromatic nitrogens is 3. The number of piperidine rings is 1. The van der Waals surface area contributed by atoms with Crippen LogP contribution in [0.3, 0.4) is 0 Å². The first-order chi connectivity index (χ1) is 16.1. The van der Waals surface area contributed by atoms with Gasteiger partial charge in [-0.05, 0) is 32.8 Å². The second-order valence-electron chi connectivity index (χ2n) is 8.67. The Balaban J connectivity index is 1.68. The summed E-state index contributed by atoms with van der Waals surface area (Å²) in [7, 11) is 0. The molecule has 7 nitrogen and oxygen atoms in total. The summed E-state index contributed by atoms with van der Waals surface area (Å²) in [5, 5.41) is 14.9. The number of pyridine rings is 1. The number of likely N-dealkylation sites (tertiary alicyclic amines) is 1. The Labute approximate surface area is 195 Å². The summed E-state index contributed by atoms with van der Waals surface area (Å²) in [6, 6.07) is 4.97. The molecule has 0 radical (unpaired) electrons. The molecule has 4 rings (SSSR count). The van der Waals surface area contributed by atoms with Gasteiger partial charge >= 0.3 is 0 Å². The molecule has 10 heteroatoms. The van der Waals surface area contributed by atoms with Crippen LogP contribution in [0.5, 0.6) is 0 Å². The molecule has 0 aliphatic carbocycles. The Morgan fingerprint density at radius 2 is 1.88 bits per heavy atom. The van der Waals surface area contributed by atoms with Crippen LogP contribution in [0.15, 0.2) is 30.5 Å². The lowest BCUT2D eigenvalue weighted by Crippen LogP contribution is -2.44. The quantitative estimate of drug-likeness (QED) is 0.570. The van der Waals surface area contributed by atoms with Crippen LogP contribution >= 0.6 is 0 Å². The van der Waals surface area contributed by atoms with Crippen LogP contribution in [-0.2, 0) is 10.4 Å². The number of alkyl halides is 2. The Morgan fingerprint density at radius 1 is 1.21 bits per heavy atom. The van der Waals surface area contributed by atoms with Gasteiger partial charge in [-0.25, -0.2) is 28.1 Å². The van der Waals surface area contributed by atoms with Crippen molar-refractivity contribution in [1.82, 2.24) is 19.9 Å². The number of halogens is 3. The van der Waals surface area contributed by atoms with Crippen molar-refractivity contribution in [2.24, 2.45) is 0 Å². The third-order valence-corrected chi connectivity index (χ3v) is 6.35. The molecule has 2 aromatic heterocycles. The molecule has 1 amide bonds. The van der Waals surface area contributed by atoms with Gasteiger partial charge in [0.15, 0.2) is 5.65 Å². The summed E-state index contributed by atoms with van der Waals surface area (Å²) in [5.74, 6) is -0.210. The number of nitrogens with one attached hydrogen (secondary N) is 1. The van der Waals surface area contributed by atoms with Crippen molar-refractivity contribution in [1.29, 1.82) is 0 Å². The van der Waals surface area contributed by atoms with E-state index < -0.39 is 29.4 Å². The smallest absolute Gasteiger partial charge is 0.266 e. The number of benzene rings is 1. The van der Waals surface area contributed by atoms with Crippen LogP contribution in [-0.4, -0.2) is 44.0 Å². The highest BCUT2D eigenvalue weighted by Gasteiger charge is 2.35. The molecule has 0 bridgehead atoms. The molecular weight excluding hydrogens is 447 g/mol. The first-order valence-electron chi connectivity index (χ1n) is 11.0. The van der Waals surface area contributed by atoms with Gasteiger partial charge in [0.1, 0.15) is 17.5 Å². The van der Waals surface area contributed by atoms with Gasteiger partial charge in [-0.1, -0.05) is 18.2 Å². The maximum atomic E-state index is 14.7. The summed E-state index contributed by atoms with van der Waals surface area (Å²) in [6.07, 6.45) is -0.637. The van der Waals surface area contributed by atoms with E-state index in [0.717, 1.165) is 6.07 Å². The summed E-state index contributed by atoms with van der Waals surface area (Å²) in [5.41, 5.74) is -0.784. The van der Waals surface area contributed by atoms with Crippen molar-refractivity contribution in [3.8, 4) is 0 Å². The highest BCUT2D eigenvalue weighted by atomic mass is 19.3. The van der Waals surface area contributed by atoms with Crippen molar-refractivity contribution in [3.05, 3.63) is 58.8 Å². The Bertz CT molecular complexity index is 1230. The molecule has 1 atom stereocenters. The number of nitrogens with zero attached hydrogens (tertiary/aromatic N) is 4. The molecule has 0 spiro atoms. The highest BCUT2D eigenvalue weighted by molar-refractivity contribution is 5.87. The number of aliphatic hydroxyl groups is 1. The predicted molar refractivity (Wildman–Crippen MR) is 121 cm³/mol. The fourth-order valence-electron chi connectivity index (χ4n) is 4.32. The van der Waals surface area contributed by atoms with Crippen LogP contribution in [0.4, 0.5) is 19.0 Å². The highest BCUT2D eigenvalue weighted by Crippen LogP contribution is 2.35. The Hall–Kier alpha value is -3.27. The maximum Gasteiger partial charge on any atom is 0.266 e. The fourth-order valence-corrected chi connectivity index (χ4v) is 4.32. The van der Waals surface area contributed by atoms with Gasteiger partial charge in [-0.15, -0.1) is 0 Å². The maximum absolute atomic E-state index is 14.7. The average molecular weight is 473 g/mol. The van der Waals surface area contributed by atoms with E-state index >= 15 is 0 Å². The van der Waals surface area contributed by atoms with Gasteiger partial charge in [0, 0.05) is 37.3 Å².